The zero-order chi connectivity index (χ0) is 28.9. The van der Waals surface area contributed by atoms with Gasteiger partial charge in [-0.3, -0.25) is 0 Å². The fourth-order valence-corrected chi connectivity index (χ4v) is 6.94. The number of hydrogen-bond donors (Lipinski definition) is 0. The zero-order valence-corrected chi connectivity index (χ0v) is 24.7. The largest absolute Gasteiger partial charge is 0.308 e. The van der Waals surface area contributed by atoms with Crippen molar-refractivity contribution in [1.29, 1.82) is 5.26 Å². The van der Waals surface area contributed by atoms with Crippen LogP contribution >= 0.6 is 0 Å². The first kappa shape index (κ1) is 24.9. The summed E-state index contributed by atoms with van der Waals surface area (Å²) < 4.78 is 2.49. The summed E-state index contributed by atoms with van der Waals surface area (Å²) in [4.78, 5) is 0. The maximum Gasteiger partial charge on any atom is 0.0991 e. The topological polar surface area (TPSA) is 28.2 Å². The van der Waals surface area contributed by atoms with E-state index in [-0.39, 0.29) is 0 Å². The molecule has 2 nitrogen and oxygen atoms in total. The Morgan fingerprint density at radius 2 is 1.12 bits per heavy atom. The van der Waals surface area contributed by atoms with Crippen molar-refractivity contribution >= 4 is 59.6 Å². The normalized spacial score (nSPS) is 12.3. The van der Waals surface area contributed by atoms with Gasteiger partial charge < -0.3 is 4.40 Å². The average Bonchev–Trinajstić information content (AvgIpc) is 3.48. The number of hydrogen-bond acceptors (Lipinski definition) is 1. The second-order valence-corrected chi connectivity index (χ2v) is 12.7. The van der Waals surface area contributed by atoms with E-state index in [1.54, 1.807) is 0 Å². The molecular weight excluding hydrogens is 508 g/mol. The van der Waals surface area contributed by atoms with Crippen LogP contribution in [0.2, 0.25) is 0 Å². The second kappa shape index (κ2) is 8.81. The van der Waals surface area contributed by atoms with Crippen LogP contribution in [0.3, 0.4) is 0 Å². The van der Waals surface area contributed by atoms with Crippen molar-refractivity contribution in [2.24, 2.45) is 0 Å². The lowest BCUT2D eigenvalue weighted by Crippen LogP contribution is -1.88. The van der Waals surface area contributed by atoms with Crippen molar-refractivity contribution in [2.45, 2.75) is 46.5 Å². The minimum absolute atomic E-state index is 0.482. The Balaban J connectivity index is 1.56. The molecule has 202 valence electrons. The van der Waals surface area contributed by atoms with Gasteiger partial charge in [0.25, 0.3) is 0 Å². The Hall–Kier alpha value is -4.87. The second-order valence-electron chi connectivity index (χ2n) is 12.7. The SMILES string of the molecule is Cc1ccc(C#N)cc1-c1cc2c3cc4cc(C(C)C)ccc4cc3n3c4cc5ccc(C(C)C)cc5cc4c(c1)c23. The van der Waals surface area contributed by atoms with Crippen LogP contribution in [0, 0.1) is 18.3 Å². The van der Waals surface area contributed by atoms with E-state index >= 15 is 0 Å². The van der Waals surface area contributed by atoms with E-state index in [0.717, 1.165) is 11.1 Å². The molecule has 0 bridgehead atoms. The summed E-state index contributed by atoms with van der Waals surface area (Å²) in [6.07, 6.45) is 0. The third kappa shape index (κ3) is 3.50. The van der Waals surface area contributed by atoms with Crippen LogP contribution in [-0.4, -0.2) is 4.40 Å². The summed E-state index contributed by atoms with van der Waals surface area (Å²) >= 11 is 0. The average molecular weight is 541 g/mol. The maximum absolute atomic E-state index is 9.69. The zero-order valence-electron chi connectivity index (χ0n) is 24.7. The van der Waals surface area contributed by atoms with Crippen molar-refractivity contribution in [3.8, 4) is 17.2 Å². The summed E-state index contributed by atoms with van der Waals surface area (Å²) in [6, 6.07) is 36.4. The third-order valence-electron chi connectivity index (χ3n) is 9.36. The molecule has 0 fully saturated rings. The highest BCUT2D eigenvalue weighted by molar-refractivity contribution is 6.27. The van der Waals surface area contributed by atoms with Crippen LogP contribution in [0.25, 0.3) is 70.8 Å². The van der Waals surface area contributed by atoms with Gasteiger partial charge >= 0.3 is 0 Å². The number of nitrogens with zero attached hydrogens (tertiary/aromatic N) is 2. The molecular formula is C40H32N2. The van der Waals surface area contributed by atoms with E-state index in [1.807, 2.05) is 12.1 Å². The summed E-state index contributed by atoms with van der Waals surface area (Å²) in [5.41, 5.74) is 10.6. The fourth-order valence-electron chi connectivity index (χ4n) is 6.94. The van der Waals surface area contributed by atoms with Crippen LogP contribution < -0.4 is 0 Å². The van der Waals surface area contributed by atoms with Gasteiger partial charge in [-0.25, -0.2) is 0 Å². The minimum atomic E-state index is 0.482. The number of benzene rings is 6. The van der Waals surface area contributed by atoms with Gasteiger partial charge in [-0.1, -0.05) is 70.2 Å². The predicted molar refractivity (Wildman–Crippen MR) is 179 cm³/mol. The number of rotatable bonds is 3. The molecule has 0 saturated heterocycles. The van der Waals surface area contributed by atoms with E-state index in [9.17, 15) is 5.26 Å². The highest BCUT2D eigenvalue weighted by Crippen LogP contribution is 2.44. The van der Waals surface area contributed by atoms with Gasteiger partial charge in [-0.2, -0.15) is 5.26 Å². The number of aryl methyl sites for hydroxylation is 1. The summed E-state index contributed by atoms with van der Waals surface area (Å²) in [5.74, 6) is 0.963. The summed E-state index contributed by atoms with van der Waals surface area (Å²) in [6.45, 7) is 11.2. The number of aromatic nitrogens is 1. The molecule has 0 unspecified atom stereocenters. The Labute approximate surface area is 245 Å². The smallest absolute Gasteiger partial charge is 0.0991 e. The van der Waals surface area contributed by atoms with Crippen molar-refractivity contribution in [3.63, 3.8) is 0 Å². The van der Waals surface area contributed by atoms with Crippen molar-refractivity contribution in [2.75, 3.05) is 0 Å². The molecule has 2 heteroatoms. The van der Waals surface area contributed by atoms with Crippen LogP contribution in [0.1, 0.15) is 61.8 Å². The molecule has 6 aromatic carbocycles. The van der Waals surface area contributed by atoms with Gasteiger partial charge in [0.15, 0.2) is 0 Å². The molecule has 0 amide bonds. The van der Waals surface area contributed by atoms with Gasteiger partial charge in [0.05, 0.1) is 28.2 Å². The molecule has 0 aliphatic heterocycles. The van der Waals surface area contributed by atoms with Crippen molar-refractivity contribution < 1.29 is 0 Å². The lowest BCUT2D eigenvalue weighted by Gasteiger charge is -2.10. The van der Waals surface area contributed by atoms with E-state index in [1.165, 1.54) is 76.3 Å². The molecule has 0 atom stereocenters. The Morgan fingerprint density at radius 1 is 0.571 bits per heavy atom. The van der Waals surface area contributed by atoms with Gasteiger partial charge in [0.2, 0.25) is 0 Å². The molecule has 2 heterocycles. The lowest BCUT2D eigenvalue weighted by atomic mass is 9.93. The van der Waals surface area contributed by atoms with Crippen LogP contribution in [-0.2, 0) is 0 Å². The Kier molecular flexibility index (Phi) is 5.22. The molecule has 0 aliphatic carbocycles. The first-order chi connectivity index (χ1) is 20.3. The molecule has 2 aromatic heterocycles. The van der Waals surface area contributed by atoms with Crippen LogP contribution in [0.15, 0.2) is 91.0 Å². The van der Waals surface area contributed by atoms with Gasteiger partial charge in [0, 0.05) is 21.5 Å². The molecule has 0 aliphatic rings. The molecule has 42 heavy (non-hydrogen) atoms. The number of fused-ring (bicyclic) bond motifs is 8. The standard InChI is InChI=1S/C40H32N2/c1-22(2)26-8-10-28-19-38-34(15-30(28)13-26)36-17-32(33-12-25(21-41)7-6-24(33)5)18-37-35-16-31-14-27(23(3)4)9-11-29(31)20-39(35)42(38)40(36)37/h6-20,22-23H,1-5H3. The molecule has 0 radical (unpaired) electrons. The maximum atomic E-state index is 9.69. The van der Waals surface area contributed by atoms with E-state index in [4.69, 9.17) is 0 Å². The highest BCUT2D eigenvalue weighted by Gasteiger charge is 2.21. The van der Waals surface area contributed by atoms with Crippen LogP contribution in [0.5, 0.6) is 0 Å². The van der Waals surface area contributed by atoms with Gasteiger partial charge in [-0.05, 0) is 117 Å². The third-order valence-corrected chi connectivity index (χ3v) is 9.36. The summed E-state index contributed by atoms with van der Waals surface area (Å²) in [5, 5.41) is 19.9. The predicted octanol–water partition coefficient (Wildman–Crippen LogP) is 11.2. The molecule has 8 aromatic rings. The van der Waals surface area contributed by atoms with Crippen LogP contribution in [0.4, 0.5) is 0 Å². The van der Waals surface area contributed by atoms with Gasteiger partial charge in [0.1, 0.15) is 0 Å². The van der Waals surface area contributed by atoms with Crippen molar-refractivity contribution in [3.05, 3.63) is 113 Å². The first-order valence-corrected chi connectivity index (χ1v) is 15.0. The first-order valence-electron chi connectivity index (χ1n) is 15.0. The van der Waals surface area contributed by atoms with Crippen molar-refractivity contribution in [1.82, 2.24) is 4.40 Å². The Bertz CT molecular complexity index is 2290. The molecule has 8 rings (SSSR count). The van der Waals surface area contributed by atoms with E-state index < -0.39 is 0 Å². The lowest BCUT2D eigenvalue weighted by molar-refractivity contribution is 0.869. The van der Waals surface area contributed by atoms with E-state index in [2.05, 4.69) is 124 Å². The summed E-state index contributed by atoms with van der Waals surface area (Å²) in [7, 11) is 0. The fraction of sp³-hybridized carbons (Fsp3) is 0.175. The molecule has 0 N–H and O–H groups in total. The van der Waals surface area contributed by atoms with E-state index in [0.29, 0.717) is 17.4 Å². The minimum Gasteiger partial charge on any atom is -0.308 e. The highest BCUT2D eigenvalue weighted by atomic mass is 14.9. The Morgan fingerprint density at radius 3 is 1.62 bits per heavy atom. The monoisotopic (exact) mass is 540 g/mol. The molecule has 0 spiro atoms. The number of nitriles is 1. The molecule has 0 saturated carbocycles. The quantitative estimate of drug-likeness (QED) is 0.219. The van der Waals surface area contributed by atoms with Gasteiger partial charge in [-0.15, -0.1) is 0 Å².